The number of carboxylic acids is 1. The van der Waals surface area contributed by atoms with Crippen molar-refractivity contribution in [2.24, 2.45) is 0 Å². The lowest BCUT2D eigenvalue weighted by Crippen LogP contribution is -2.30. The largest absolute Gasteiger partial charge is 0.481 e. The molecule has 1 aromatic heterocycles. The number of carbonyl (C=O) groups excluding carboxylic acids is 1. The maximum Gasteiger partial charge on any atom is 0.305 e. The van der Waals surface area contributed by atoms with Crippen LogP contribution in [-0.4, -0.2) is 22.0 Å². The van der Waals surface area contributed by atoms with E-state index in [2.05, 4.69) is 10.3 Å². The first kappa shape index (κ1) is 16.5. The van der Waals surface area contributed by atoms with Crippen molar-refractivity contribution in [2.75, 3.05) is 0 Å². The summed E-state index contributed by atoms with van der Waals surface area (Å²) in [6.45, 7) is 0. The van der Waals surface area contributed by atoms with Crippen LogP contribution in [0.5, 0.6) is 0 Å². The molecule has 1 atom stereocenters. The number of nitrogens with zero attached hydrogens (tertiary/aromatic N) is 1. The number of aromatic nitrogens is 1. The normalized spacial score (nSPS) is 11.9. The van der Waals surface area contributed by atoms with Gasteiger partial charge < -0.3 is 10.4 Å². The Bertz CT molecular complexity index is 646. The summed E-state index contributed by atoms with van der Waals surface area (Å²) in [5, 5.41) is 14.9. The molecular formula is C15H15ClN2O3S. The molecule has 0 saturated heterocycles. The smallest absolute Gasteiger partial charge is 0.305 e. The Labute approximate surface area is 137 Å². The fourth-order valence-electron chi connectivity index (χ4n) is 2.03. The molecule has 0 aliphatic carbocycles. The number of thiazole rings is 1. The van der Waals surface area contributed by atoms with Crippen LogP contribution in [0.25, 0.3) is 0 Å². The van der Waals surface area contributed by atoms with Gasteiger partial charge in [-0.3, -0.25) is 9.59 Å². The van der Waals surface area contributed by atoms with Crippen molar-refractivity contribution in [1.29, 1.82) is 0 Å². The van der Waals surface area contributed by atoms with Crippen LogP contribution in [0.2, 0.25) is 5.02 Å². The molecule has 5 nitrogen and oxygen atoms in total. The molecule has 2 rings (SSSR count). The average molecular weight is 339 g/mol. The predicted octanol–water partition coefficient (Wildman–Crippen LogP) is 3.06. The molecule has 0 aliphatic heterocycles. The number of carboxylic acid groups (broad SMARTS) is 1. The van der Waals surface area contributed by atoms with Gasteiger partial charge in [-0.15, -0.1) is 11.3 Å². The van der Waals surface area contributed by atoms with E-state index >= 15 is 0 Å². The highest BCUT2D eigenvalue weighted by Gasteiger charge is 2.20. The number of aryl methyl sites for hydroxylation is 1. The summed E-state index contributed by atoms with van der Waals surface area (Å²) in [7, 11) is 0. The summed E-state index contributed by atoms with van der Waals surface area (Å²) in [4.78, 5) is 27.2. The average Bonchev–Trinajstić information content (AvgIpc) is 2.98. The summed E-state index contributed by atoms with van der Waals surface area (Å²) in [5.74, 6) is -1.22. The second-order valence-corrected chi connectivity index (χ2v) is 6.05. The minimum absolute atomic E-state index is 0.216. The maximum absolute atomic E-state index is 12.0. The number of rotatable bonds is 7. The van der Waals surface area contributed by atoms with Crippen molar-refractivity contribution in [3.05, 3.63) is 51.4 Å². The van der Waals surface area contributed by atoms with Gasteiger partial charge in [0, 0.05) is 29.4 Å². The molecule has 0 spiro atoms. The highest BCUT2D eigenvalue weighted by Crippen LogP contribution is 2.25. The van der Waals surface area contributed by atoms with Crippen LogP contribution in [0.1, 0.15) is 29.5 Å². The van der Waals surface area contributed by atoms with Gasteiger partial charge in [-0.25, -0.2) is 4.98 Å². The molecule has 0 aliphatic rings. The van der Waals surface area contributed by atoms with Gasteiger partial charge in [0.1, 0.15) is 0 Å². The molecule has 2 N–H and O–H groups in total. The zero-order chi connectivity index (χ0) is 15.9. The SMILES string of the molecule is O=C(O)CC(NC(=O)CCc1nccs1)c1ccccc1Cl. The molecule has 2 aromatic rings. The highest BCUT2D eigenvalue weighted by molar-refractivity contribution is 7.09. The van der Waals surface area contributed by atoms with E-state index < -0.39 is 12.0 Å². The Balaban J connectivity index is 2.01. The Morgan fingerprint density at radius 1 is 1.36 bits per heavy atom. The fraction of sp³-hybridized carbons (Fsp3) is 0.267. The van der Waals surface area contributed by atoms with Crippen molar-refractivity contribution >= 4 is 34.8 Å². The molecule has 0 radical (unpaired) electrons. The van der Waals surface area contributed by atoms with Gasteiger partial charge in [0.15, 0.2) is 0 Å². The van der Waals surface area contributed by atoms with E-state index in [9.17, 15) is 9.59 Å². The Morgan fingerprint density at radius 3 is 2.77 bits per heavy atom. The molecule has 0 fully saturated rings. The number of aliphatic carboxylic acids is 1. The third-order valence-electron chi connectivity index (χ3n) is 3.04. The molecule has 1 aromatic carbocycles. The van der Waals surface area contributed by atoms with Gasteiger partial charge in [-0.1, -0.05) is 29.8 Å². The number of hydrogen-bond acceptors (Lipinski definition) is 4. The van der Waals surface area contributed by atoms with Crippen molar-refractivity contribution in [1.82, 2.24) is 10.3 Å². The van der Waals surface area contributed by atoms with Gasteiger partial charge >= 0.3 is 5.97 Å². The highest BCUT2D eigenvalue weighted by atomic mass is 35.5. The first-order valence-electron chi connectivity index (χ1n) is 6.70. The number of amides is 1. The van der Waals surface area contributed by atoms with Crippen LogP contribution in [0, 0.1) is 0 Å². The second-order valence-electron chi connectivity index (χ2n) is 4.67. The van der Waals surface area contributed by atoms with Gasteiger partial charge in [0.2, 0.25) is 5.91 Å². The summed E-state index contributed by atoms with van der Waals surface area (Å²) < 4.78 is 0. The van der Waals surface area contributed by atoms with Crippen molar-refractivity contribution in [3.63, 3.8) is 0 Å². The number of benzene rings is 1. The van der Waals surface area contributed by atoms with Crippen molar-refractivity contribution < 1.29 is 14.7 Å². The van der Waals surface area contributed by atoms with E-state index in [-0.39, 0.29) is 18.7 Å². The van der Waals surface area contributed by atoms with E-state index in [0.29, 0.717) is 17.0 Å². The van der Waals surface area contributed by atoms with E-state index in [1.165, 1.54) is 11.3 Å². The summed E-state index contributed by atoms with van der Waals surface area (Å²) >= 11 is 7.58. The van der Waals surface area contributed by atoms with E-state index in [4.69, 9.17) is 16.7 Å². The number of carbonyl (C=O) groups is 2. The van der Waals surface area contributed by atoms with E-state index in [1.807, 2.05) is 5.38 Å². The quantitative estimate of drug-likeness (QED) is 0.813. The maximum atomic E-state index is 12.0. The van der Waals surface area contributed by atoms with Crippen LogP contribution >= 0.6 is 22.9 Å². The molecular weight excluding hydrogens is 324 g/mol. The lowest BCUT2D eigenvalue weighted by molar-refractivity contribution is -0.137. The molecule has 1 heterocycles. The monoisotopic (exact) mass is 338 g/mol. The lowest BCUT2D eigenvalue weighted by Gasteiger charge is -2.18. The van der Waals surface area contributed by atoms with Crippen LogP contribution in [0.15, 0.2) is 35.8 Å². The third kappa shape index (κ3) is 4.82. The van der Waals surface area contributed by atoms with Crippen LogP contribution in [0.3, 0.4) is 0 Å². The fourth-order valence-corrected chi connectivity index (χ4v) is 2.92. The number of nitrogens with one attached hydrogen (secondary N) is 1. The van der Waals surface area contributed by atoms with Crippen molar-refractivity contribution in [2.45, 2.75) is 25.3 Å². The van der Waals surface area contributed by atoms with Crippen LogP contribution in [0.4, 0.5) is 0 Å². The van der Waals surface area contributed by atoms with Crippen LogP contribution in [-0.2, 0) is 16.0 Å². The molecule has 22 heavy (non-hydrogen) atoms. The zero-order valence-electron chi connectivity index (χ0n) is 11.7. The molecule has 7 heteroatoms. The molecule has 1 unspecified atom stereocenters. The topological polar surface area (TPSA) is 79.3 Å². The van der Waals surface area contributed by atoms with E-state index in [1.54, 1.807) is 30.5 Å². The van der Waals surface area contributed by atoms with Gasteiger partial charge in [0.05, 0.1) is 17.5 Å². The first-order valence-corrected chi connectivity index (χ1v) is 7.96. The zero-order valence-corrected chi connectivity index (χ0v) is 13.2. The minimum atomic E-state index is -0.995. The molecule has 0 bridgehead atoms. The minimum Gasteiger partial charge on any atom is -0.481 e. The Hall–Kier alpha value is -1.92. The van der Waals surface area contributed by atoms with Crippen molar-refractivity contribution in [3.8, 4) is 0 Å². The van der Waals surface area contributed by atoms with Gasteiger partial charge in [-0.05, 0) is 11.6 Å². The van der Waals surface area contributed by atoms with E-state index in [0.717, 1.165) is 5.01 Å². The molecule has 0 saturated carbocycles. The predicted molar refractivity (Wildman–Crippen MR) is 85.0 cm³/mol. The second kappa shape index (κ2) is 7.91. The lowest BCUT2D eigenvalue weighted by atomic mass is 10.0. The Morgan fingerprint density at radius 2 is 2.14 bits per heavy atom. The Kier molecular flexibility index (Phi) is 5.91. The summed E-state index contributed by atoms with van der Waals surface area (Å²) in [6, 6.07) is 6.27. The molecule has 116 valence electrons. The number of hydrogen-bond donors (Lipinski definition) is 2. The first-order chi connectivity index (χ1) is 10.6. The number of halogens is 1. The standard InChI is InChI=1S/C15H15ClN2O3S/c16-11-4-2-1-3-10(11)12(9-15(20)21)18-13(19)5-6-14-17-7-8-22-14/h1-4,7-8,12H,5-6,9H2,(H,18,19)(H,20,21). The van der Waals surface area contributed by atoms with Gasteiger partial charge in [-0.2, -0.15) is 0 Å². The van der Waals surface area contributed by atoms with Gasteiger partial charge in [0.25, 0.3) is 0 Å². The van der Waals surface area contributed by atoms with Crippen LogP contribution < -0.4 is 5.32 Å². The summed E-state index contributed by atoms with van der Waals surface area (Å²) in [5.41, 5.74) is 0.606. The molecule has 1 amide bonds. The third-order valence-corrected chi connectivity index (χ3v) is 4.23. The summed E-state index contributed by atoms with van der Waals surface area (Å²) in [6.07, 6.45) is 2.27.